The lowest BCUT2D eigenvalue weighted by molar-refractivity contribution is 0.890. The van der Waals surface area contributed by atoms with E-state index in [9.17, 15) is 0 Å². The maximum absolute atomic E-state index is 2.45. The van der Waals surface area contributed by atoms with Crippen LogP contribution < -0.4 is 4.90 Å². The van der Waals surface area contributed by atoms with Crippen molar-refractivity contribution in [3.63, 3.8) is 0 Å². The summed E-state index contributed by atoms with van der Waals surface area (Å²) < 4.78 is 2.72. The largest absolute Gasteiger partial charge is 0.315 e. The average molecular weight is 432 g/mol. The fourth-order valence-electron chi connectivity index (χ4n) is 4.79. The molecule has 2 heteroatoms. The van der Waals surface area contributed by atoms with E-state index in [1.165, 1.54) is 48.4 Å². The highest BCUT2D eigenvalue weighted by molar-refractivity contribution is 7.25. The molecule has 0 N–H and O–H groups in total. The Labute approximate surface area is 193 Å². The second-order valence-electron chi connectivity index (χ2n) is 8.42. The number of allylic oxidation sites excluding steroid dienone is 7. The van der Waals surface area contributed by atoms with Crippen LogP contribution in [-0.2, 0) is 0 Å². The number of rotatable bonds is 4. The number of benzene rings is 3. The Balaban J connectivity index is 1.43. The highest BCUT2D eigenvalue weighted by atomic mass is 32.1. The normalized spacial score (nSPS) is 16.1. The molecule has 4 aromatic rings. The van der Waals surface area contributed by atoms with Crippen molar-refractivity contribution in [1.82, 2.24) is 0 Å². The maximum Gasteiger partial charge on any atom is 0.0458 e. The zero-order valence-electron chi connectivity index (χ0n) is 18.0. The van der Waals surface area contributed by atoms with Crippen molar-refractivity contribution in [2.75, 3.05) is 4.90 Å². The molecule has 0 saturated carbocycles. The van der Waals surface area contributed by atoms with E-state index in [4.69, 9.17) is 0 Å². The van der Waals surface area contributed by atoms with E-state index in [2.05, 4.69) is 108 Å². The predicted octanol–water partition coefficient (Wildman–Crippen LogP) is 8.86. The fourth-order valence-corrected chi connectivity index (χ4v) is 5.88. The van der Waals surface area contributed by atoms with Gasteiger partial charge >= 0.3 is 0 Å². The number of anilines is 1. The molecule has 0 fully saturated rings. The summed E-state index contributed by atoms with van der Waals surface area (Å²) in [4.78, 5) is 2.45. The van der Waals surface area contributed by atoms with Gasteiger partial charge in [0.15, 0.2) is 0 Å². The second kappa shape index (κ2) is 8.29. The minimum atomic E-state index is 1.05. The molecule has 2 aliphatic carbocycles. The molecule has 0 unspecified atom stereocenters. The van der Waals surface area contributed by atoms with Crippen LogP contribution in [0.1, 0.15) is 31.2 Å². The molecule has 0 radical (unpaired) electrons. The Morgan fingerprint density at radius 1 is 0.719 bits per heavy atom. The molecule has 0 atom stereocenters. The van der Waals surface area contributed by atoms with E-state index < -0.39 is 0 Å². The van der Waals surface area contributed by atoms with E-state index in [1.54, 1.807) is 0 Å². The van der Waals surface area contributed by atoms with E-state index in [0.29, 0.717) is 0 Å². The number of hydrogen-bond donors (Lipinski definition) is 0. The van der Waals surface area contributed by atoms with Crippen LogP contribution in [0.15, 0.2) is 115 Å². The van der Waals surface area contributed by atoms with Crippen LogP contribution >= 0.6 is 11.3 Å². The molecule has 0 bridgehead atoms. The molecule has 6 rings (SSSR count). The molecule has 0 aliphatic heterocycles. The Kier molecular flexibility index (Phi) is 5.01. The molecule has 1 heterocycles. The minimum absolute atomic E-state index is 1.05. The third-order valence-electron chi connectivity index (χ3n) is 6.33. The van der Waals surface area contributed by atoms with Gasteiger partial charge in [-0.15, -0.1) is 11.3 Å². The Hall–Kier alpha value is -3.36. The smallest absolute Gasteiger partial charge is 0.0458 e. The fraction of sp³-hybridized carbons (Fsp3) is 0.133. The number of para-hydroxylation sites is 1. The summed E-state index contributed by atoms with van der Waals surface area (Å²) in [5.41, 5.74) is 6.51. The summed E-state index contributed by atoms with van der Waals surface area (Å²) in [5.74, 6) is 0. The van der Waals surface area contributed by atoms with Crippen molar-refractivity contribution in [2.24, 2.45) is 0 Å². The molecular weight excluding hydrogens is 406 g/mol. The molecule has 0 saturated heterocycles. The number of hydrogen-bond acceptors (Lipinski definition) is 2. The van der Waals surface area contributed by atoms with Gasteiger partial charge in [-0.3, -0.25) is 0 Å². The number of nitrogens with zero attached hydrogens (tertiary/aromatic N) is 1. The molecule has 0 spiro atoms. The summed E-state index contributed by atoms with van der Waals surface area (Å²) in [6.07, 6.45) is 16.1. The van der Waals surface area contributed by atoms with Crippen molar-refractivity contribution in [1.29, 1.82) is 0 Å². The lowest BCUT2D eigenvalue weighted by Crippen LogP contribution is -2.22. The third-order valence-corrected chi connectivity index (χ3v) is 7.48. The van der Waals surface area contributed by atoms with E-state index in [0.717, 1.165) is 25.7 Å². The monoisotopic (exact) mass is 431 g/mol. The van der Waals surface area contributed by atoms with E-state index >= 15 is 0 Å². The van der Waals surface area contributed by atoms with Crippen molar-refractivity contribution < 1.29 is 0 Å². The quantitative estimate of drug-likeness (QED) is 0.312. The first kappa shape index (κ1) is 19.3. The Morgan fingerprint density at radius 2 is 1.56 bits per heavy atom. The maximum atomic E-state index is 2.45. The van der Waals surface area contributed by atoms with Crippen LogP contribution in [0.3, 0.4) is 0 Å². The molecule has 156 valence electrons. The van der Waals surface area contributed by atoms with Gasteiger partial charge in [0, 0.05) is 37.3 Å². The second-order valence-corrected chi connectivity index (χ2v) is 9.51. The topological polar surface area (TPSA) is 3.24 Å². The first-order valence-electron chi connectivity index (χ1n) is 11.4. The van der Waals surface area contributed by atoms with Gasteiger partial charge in [0.1, 0.15) is 0 Å². The molecule has 1 nitrogen and oxygen atoms in total. The number of fused-ring (bicyclic) bond motifs is 3. The zero-order chi connectivity index (χ0) is 21.3. The first-order valence-corrected chi connectivity index (χ1v) is 12.2. The Morgan fingerprint density at radius 3 is 2.44 bits per heavy atom. The van der Waals surface area contributed by atoms with Crippen molar-refractivity contribution >= 4 is 42.8 Å². The highest BCUT2D eigenvalue weighted by Gasteiger charge is 2.19. The average Bonchev–Trinajstić information content (AvgIpc) is 3.24. The highest BCUT2D eigenvalue weighted by Crippen LogP contribution is 2.38. The third kappa shape index (κ3) is 3.51. The van der Waals surface area contributed by atoms with Crippen LogP contribution in [-0.4, -0.2) is 0 Å². The van der Waals surface area contributed by atoms with Gasteiger partial charge in [0.25, 0.3) is 0 Å². The summed E-state index contributed by atoms with van der Waals surface area (Å²) in [7, 11) is 0. The van der Waals surface area contributed by atoms with Crippen LogP contribution in [0.25, 0.3) is 25.7 Å². The molecular formula is C30H25NS. The first-order chi connectivity index (χ1) is 15.9. The summed E-state index contributed by atoms with van der Waals surface area (Å²) in [6.45, 7) is 0. The molecule has 1 aromatic heterocycles. The summed E-state index contributed by atoms with van der Waals surface area (Å²) in [6, 6.07) is 26.5. The summed E-state index contributed by atoms with van der Waals surface area (Å²) in [5, 5.41) is 2.72. The van der Waals surface area contributed by atoms with Crippen LogP contribution in [0.4, 0.5) is 5.69 Å². The van der Waals surface area contributed by atoms with Gasteiger partial charge in [-0.25, -0.2) is 0 Å². The van der Waals surface area contributed by atoms with Crippen LogP contribution in [0.5, 0.6) is 0 Å². The molecule has 2 aliphatic rings. The van der Waals surface area contributed by atoms with Crippen LogP contribution in [0, 0.1) is 0 Å². The van der Waals surface area contributed by atoms with Crippen molar-refractivity contribution in [3.05, 3.63) is 120 Å². The van der Waals surface area contributed by atoms with E-state index in [-0.39, 0.29) is 0 Å². The minimum Gasteiger partial charge on any atom is -0.315 e. The SMILES string of the molecule is C1=CC(N(C2=CC(c3ccc4sc5ccccc5c4c3)=CCC2)c2ccccc2)=CCC1. The van der Waals surface area contributed by atoms with Crippen molar-refractivity contribution in [2.45, 2.75) is 25.7 Å². The van der Waals surface area contributed by atoms with Gasteiger partial charge in [-0.1, -0.05) is 60.7 Å². The van der Waals surface area contributed by atoms with Gasteiger partial charge in [-0.2, -0.15) is 0 Å². The zero-order valence-corrected chi connectivity index (χ0v) is 18.8. The van der Waals surface area contributed by atoms with Crippen molar-refractivity contribution in [3.8, 4) is 0 Å². The molecule has 3 aromatic carbocycles. The lowest BCUT2D eigenvalue weighted by Gasteiger charge is -2.31. The lowest BCUT2D eigenvalue weighted by atomic mass is 9.95. The van der Waals surface area contributed by atoms with E-state index in [1.807, 2.05) is 11.3 Å². The molecule has 0 amide bonds. The predicted molar refractivity (Wildman–Crippen MR) is 140 cm³/mol. The Bertz CT molecular complexity index is 1420. The van der Waals surface area contributed by atoms with Gasteiger partial charge in [0.05, 0.1) is 0 Å². The standard InChI is InChI=1S/C30H25NS/c1-3-11-24(12-4-1)31(25-13-5-2-6-14-25)26-15-9-10-22(20-26)23-18-19-30-28(21-23)27-16-7-8-17-29(27)32-30/h1,3-5,7-8,10-14,16-21H,2,6,9,15H2. The van der Waals surface area contributed by atoms with Gasteiger partial charge in [-0.05, 0) is 79.3 Å². The van der Waals surface area contributed by atoms with Gasteiger partial charge < -0.3 is 4.90 Å². The number of thiophene rings is 1. The van der Waals surface area contributed by atoms with Gasteiger partial charge in [0.2, 0.25) is 0 Å². The molecule has 32 heavy (non-hydrogen) atoms. The van der Waals surface area contributed by atoms with Crippen LogP contribution in [0.2, 0.25) is 0 Å². The summed E-state index contributed by atoms with van der Waals surface area (Å²) >= 11 is 1.88.